The van der Waals surface area contributed by atoms with Gasteiger partial charge in [-0.25, -0.2) is 9.98 Å². The Balaban J connectivity index is 1.51. The normalized spacial score (nSPS) is 21.2. The first-order valence-electron chi connectivity index (χ1n) is 12.0. The molecule has 1 aliphatic carbocycles. The predicted molar refractivity (Wildman–Crippen MR) is 130 cm³/mol. The van der Waals surface area contributed by atoms with Gasteiger partial charge in [0.25, 0.3) is 5.91 Å². The molecule has 33 heavy (non-hydrogen) atoms. The summed E-state index contributed by atoms with van der Waals surface area (Å²) in [6, 6.07) is 19.5. The lowest BCUT2D eigenvalue weighted by atomic mass is 10.1. The number of hydrogen-bond acceptors (Lipinski definition) is 4. The molecule has 0 saturated heterocycles. The van der Waals surface area contributed by atoms with E-state index in [1.54, 1.807) is 0 Å². The fourth-order valence-corrected chi connectivity index (χ4v) is 5.63. The smallest absolute Gasteiger partial charge is 0.281 e. The van der Waals surface area contributed by atoms with Crippen LogP contribution in [0.2, 0.25) is 0 Å². The van der Waals surface area contributed by atoms with E-state index in [1.165, 1.54) is 23.1 Å². The maximum Gasteiger partial charge on any atom is 0.281 e. The van der Waals surface area contributed by atoms with Crippen LogP contribution in [0.15, 0.2) is 59.6 Å². The van der Waals surface area contributed by atoms with E-state index in [2.05, 4.69) is 64.9 Å². The van der Waals surface area contributed by atoms with E-state index in [4.69, 9.17) is 9.98 Å². The van der Waals surface area contributed by atoms with Crippen molar-refractivity contribution in [2.24, 2.45) is 4.99 Å². The molecule has 0 bridgehead atoms. The Kier molecular flexibility index (Phi) is 4.82. The number of fused-ring (bicyclic) bond motifs is 5. The Morgan fingerprint density at radius 2 is 1.85 bits per heavy atom. The van der Waals surface area contributed by atoms with Crippen molar-refractivity contribution in [3.05, 3.63) is 82.8 Å². The summed E-state index contributed by atoms with van der Waals surface area (Å²) in [6.07, 6.45) is 4.06. The van der Waals surface area contributed by atoms with Crippen molar-refractivity contribution < 1.29 is 4.79 Å². The number of carbonyl (C=O) groups is 1. The summed E-state index contributed by atoms with van der Waals surface area (Å²) in [4.78, 5) is 28.1. The predicted octanol–water partition coefficient (Wildman–Crippen LogP) is 4.40. The lowest BCUT2D eigenvalue weighted by molar-refractivity contribution is 0.0835. The summed E-state index contributed by atoms with van der Waals surface area (Å²) in [5.74, 6) is 2.55. The van der Waals surface area contributed by atoms with E-state index in [0.717, 1.165) is 30.4 Å². The van der Waals surface area contributed by atoms with Crippen LogP contribution in [0.5, 0.6) is 0 Å². The van der Waals surface area contributed by atoms with Gasteiger partial charge in [-0.2, -0.15) is 0 Å². The quantitative estimate of drug-likeness (QED) is 0.592. The third-order valence-electron chi connectivity index (χ3n) is 7.16. The second kappa shape index (κ2) is 7.87. The largest absolute Gasteiger partial charge is 0.317 e. The molecule has 6 nitrogen and oxygen atoms in total. The molecule has 3 heterocycles. The molecule has 2 aliphatic heterocycles. The minimum atomic E-state index is 0.0157. The fraction of sp³-hybridized carbons (Fsp3) is 0.370. The lowest BCUT2D eigenvalue weighted by Gasteiger charge is -2.35. The summed E-state index contributed by atoms with van der Waals surface area (Å²) in [5.41, 5.74) is 4.30. The number of amides is 1. The van der Waals surface area contributed by atoms with E-state index in [0.29, 0.717) is 31.2 Å². The Hall–Kier alpha value is -3.41. The first-order chi connectivity index (χ1) is 16.1. The molecule has 0 unspecified atom stereocenters. The molecule has 1 aromatic heterocycles. The van der Waals surface area contributed by atoms with Crippen LogP contribution in [0.4, 0.5) is 5.82 Å². The molecule has 0 radical (unpaired) electrons. The summed E-state index contributed by atoms with van der Waals surface area (Å²) < 4.78 is 2.15. The van der Waals surface area contributed by atoms with Crippen molar-refractivity contribution in [2.75, 3.05) is 11.4 Å². The first-order valence-corrected chi connectivity index (χ1v) is 12.0. The van der Waals surface area contributed by atoms with Crippen molar-refractivity contribution in [3.8, 4) is 0 Å². The number of nitrogens with zero attached hydrogens (tertiary/aromatic N) is 5. The summed E-state index contributed by atoms with van der Waals surface area (Å²) in [7, 11) is 0. The number of carbonyl (C=O) groups excluding carboxylic acids is 1. The van der Waals surface area contributed by atoms with Gasteiger partial charge in [0.15, 0.2) is 11.5 Å². The first kappa shape index (κ1) is 20.2. The maximum atomic E-state index is 13.8. The highest BCUT2D eigenvalue weighted by Crippen LogP contribution is 2.41. The fourth-order valence-electron chi connectivity index (χ4n) is 5.63. The Morgan fingerprint density at radius 3 is 2.64 bits per heavy atom. The minimum Gasteiger partial charge on any atom is -0.317 e. The molecule has 0 spiro atoms. The van der Waals surface area contributed by atoms with Crippen LogP contribution in [0.1, 0.15) is 59.2 Å². The van der Waals surface area contributed by atoms with E-state index in [1.807, 2.05) is 17.9 Å². The van der Waals surface area contributed by atoms with Crippen LogP contribution in [-0.4, -0.2) is 44.9 Å². The number of hydrogen-bond donors (Lipinski definition) is 0. The molecular formula is C27H29N5O. The number of anilines is 1. The monoisotopic (exact) mass is 439 g/mol. The van der Waals surface area contributed by atoms with Gasteiger partial charge in [-0.3, -0.25) is 14.6 Å². The summed E-state index contributed by atoms with van der Waals surface area (Å²) >= 11 is 0. The zero-order valence-corrected chi connectivity index (χ0v) is 19.2. The molecular weight excluding hydrogens is 410 g/mol. The number of imidazole rings is 1. The van der Waals surface area contributed by atoms with Gasteiger partial charge < -0.3 is 4.57 Å². The molecule has 3 aromatic rings. The number of benzene rings is 2. The highest BCUT2D eigenvalue weighted by Gasteiger charge is 2.49. The second-order valence-electron chi connectivity index (χ2n) is 9.35. The second-order valence-corrected chi connectivity index (χ2v) is 9.35. The Morgan fingerprint density at radius 1 is 1.03 bits per heavy atom. The highest BCUT2D eigenvalue weighted by atomic mass is 16.2. The van der Waals surface area contributed by atoms with Crippen LogP contribution >= 0.6 is 0 Å². The molecule has 1 fully saturated rings. The van der Waals surface area contributed by atoms with Crippen LogP contribution in [-0.2, 0) is 13.0 Å². The Labute approximate surface area is 194 Å². The zero-order chi connectivity index (χ0) is 22.5. The number of aliphatic imine (C=N–C) groups is 1. The number of rotatable bonds is 5. The molecule has 0 N–H and O–H groups in total. The molecule has 6 rings (SSSR count). The number of aryl methyl sites for hydroxylation is 1. The Bertz CT molecular complexity index is 1240. The molecule has 168 valence electrons. The van der Waals surface area contributed by atoms with Crippen LogP contribution in [0.3, 0.4) is 0 Å². The maximum absolute atomic E-state index is 13.8. The minimum absolute atomic E-state index is 0.0157. The average Bonchev–Trinajstić information content (AvgIpc) is 3.49. The van der Waals surface area contributed by atoms with Gasteiger partial charge in [0.1, 0.15) is 5.82 Å². The third-order valence-corrected chi connectivity index (χ3v) is 7.16. The van der Waals surface area contributed by atoms with Gasteiger partial charge in [0.2, 0.25) is 5.96 Å². The van der Waals surface area contributed by atoms with Crippen molar-refractivity contribution in [2.45, 2.75) is 58.2 Å². The van der Waals surface area contributed by atoms with Crippen LogP contribution in [0, 0.1) is 6.92 Å². The van der Waals surface area contributed by atoms with Crippen molar-refractivity contribution in [1.82, 2.24) is 14.5 Å². The zero-order valence-electron chi connectivity index (χ0n) is 19.2. The van der Waals surface area contributed by atoms with Gasteiger partial charge in [-0.05, 0) is 44.2 Å². The van der Waals surface area contributed by atoms with Gasteiger partial charge in [0.05, 0.1) is 12.1 Å². The topological polar surface area (TPSA) is 53.7 Å². The van der Waals surface area contributed by atoms with Crippen molar-refractivity contribution >= 4 is 17.7 Å². The van der Waals surface area contributed by atoms with E-state index in [-0.39, 0.29) is 11.9 Å². The molecule has 2 aromatic carbocycles. The summed E-state index contributed by atoms with van der Waals surface area (Å²) in [5, 5.41) is 0. The van der Waals surface area contributed by atoms with Gasteiger partial charge in [-0.15, -0.1) is 0 Å². The van der Waals surface area contributed by atoms with Crippen molar-refractivity contribution in [1.29, 1.82) is 0 Å². The molecule has 3 aliphatic rings. The highest BCUT2D eigenvalue weighted by molar-refractivity contribution is 6.18. The van der Waals surface area contributed by atoms with Gasteiger partial charge >= 0.3 is 0 Å². The lowest BCUT2D eigenvalue weighted by Crippen LogP contribution is -2.53. The molecule has 6 heteroatoms. The van der Waals surface area contributed by atoms with Gasteiger partial charge in [0, 0.05) is 19.5 Å². The van der Waals surface area contributed by atoms with E-state index < -0.39 is 0 Å². The number of aromatic nitrogens is 2. The van der Waals surface area contributed by atoms with Crippen LogP contribution in [0.25, 0.3) is 0 Å². The average molecular weight is 440 g/mol. The number of guanidine groups is 1. The van der Waals surface area contributed by atoms with E-state index >= 15 is 0 Å². The third kappa shape index (κ3) is 3.27. The molecule has 2 atom stereocenters. The summed E-state index contributed by atoms with van der Waals surface area (Å²) in [6.45, 7) is 5.37. The van der Waals surface area contributed by atoms with Crippen molar-refractivity contribution in [3.63, 3.8) is 0 Å². The standard InChI is InChI=1S/C27H29N5O/c1-3-30-26(33)24-25(32-22-14-8-13-21(22)28-27(30)32)29-23(16-19-10-5-4-6-11-19)31(24)17-20-12-7-9-18(2)15-20/h4-7,9-12,15,21-22H,3,8,13-14,16-17H2,1-2H3/t21-,22+/m1/s1. The molecule has 1 amide bonds. The van der Waals surface area contributed by atoms with E-state index in [9.17, 15) is 4.79 Å². The SMILES string of the molecule is CCN1C(=O)c2c(nc(Cc3ccccc3)n2Cc2cccc(C)c2)N2C1=N[C@@H]1CCC[C@@H]12. The van der Waals surface area contributed by atoms with Crippen LogP contribution < -0.4 is 4.90 Å². The molecule has 1 saturated carbocycles. The van der Waals surface area contributed by atoms with Gasteiger partial charge in [-0.1, -0.05) is 60.2 Å².